The van der Waals surface area contributed by atoms with Crippen LogP contribution in [0.1, 0.15) is 31.7 Å². The van der Waals surface area contributed by atoms with Crippen LogP contribution in [0, 0.1) is 0 Å². The van der Waals surface area contributed by atoms with Crippen molar-refractivity contribution in [2.75, 3.05) is 18.5 Å². The molecule has 0 saturated heterocycles. The second kappa shape index (κ2) is 8.67. The summed E-state index contributed by atoms with van der Waals surface area (Å²) in [5.41, 5.74) is 4.41. The largest absolute Gasteiger partial charge is 0.480 e. The van der Waals surface area contributed by atoms with Gasteiger partial charge in [-0.3, -0.25) is 4.79 Å². The molecule has 0 atom stereocenters. The van der Waals surface area contributed by atoms with E-state index in [0.29, 0.717) is 5.82 Å². The maximum Gasteiger partial charge on any atom is 0.323 e. The minimum absolute atomic E-state index is 0.0815. The van der Waals surface area contributed by atoms with Gasteiger partial charge in [0.15, 0.2) is 0 Å². The molecule has 0 amide bonds. The molecule has 1 aromatic heterocycles. The van der Waals surface area contributed by atoms with Gasteiger partial charge in [-0.05, 0) is 47.7 Å². The van der Waals surface area contributed by atoms with E-state index in [2.05, 4.69) is 37.3 Å². The maximum absolute atomic E-state index is 11.1. The number of rotatable bonds is 8. The Kier molecular flexibility index (Phi) is 6.07. The summed E-state index contributed by atoms with van der Waals surface area (Å²) in [4.78, 5) is 17.5. The van der Waals surface area contributed by atoms with Gasteiger partial charge in [0.2, 0.25) is 0 Å². The van der Waals surface area contributed by atoms with Gasteiger partial charge in [-0.2, -0.15) is 0 Å². The van der Waals surface area contributed by atoms with Gasteiger partial charge >= 0.3 is 5.97 Å². The van der Waals surface area contributed by atoms with Gasteiger partial charge in [0, 0.05) is 12.4 Å². The van der Waals surface area contributed by atoms with Gasteiger partial charge in [-0.15, -0.1) is 0 Å². The third kappa shape index (κ3) is 4.64. The number of likely N-dealkylation sites (N-methyl/N-ethyl adjacent to an activating group) is 1. The van der Waals surface area contributed by atoms with Gasteiger partial charge in [0.25, 0.3) is 0 Å². The topological polar surface area (TPSA) is 53.4 Å². The Labute approximate surface area is 160 Å². The lowest BCUT2D eigenvalue weighted by molar-refractivity contribution is -0.135. The molecule has 0 fully saturated rings. The summed E-state index contributed by atoms with van der Waals surface area (Å²) in [6.07, 6.45) is 4.71. The molecule has 0 bridgehead atoms. The van der Waals surface area contributed by atoms with Crippen molar-refractivity contribution in [1.82, 2.24) is 4.98 Å². The minimum atomic E-state index is -0.869. The van der Waals surface area contributed by atoms with Crippen LogP contribution in [0.5, 0.6) is 0 Å². The van der Waals surface area contributed by atoms with Crippen molar-refractivity contribution in [3.05, 3.63) is 60.2 Å². The number of unbranched alkanes of at least 4 members (excludes halogenated alkanes) is 2. The molecule has 0 aliphatic heterocycles. The number of aromatic nitrogens is 1. The molecule has 0 aliphatic rings. The predicted octanol–water partition coefficient (Wildman–Crippen LogP) is 5.16. The van der Waals surface area contributed by atoms with Crippen LogP contribution in [0.25, 0.3) is 22.0 Å². The Bertz CT molecular complexity index is 922. The van der Waals surface area contributed by atoms with Gasteiger partial charge in [0.1, 0.15) is 12.4 Å². The summed E-state index contributed by atoms with van der Waals surface area (Å²) in [7, 11) is 1.76. The fourth-order valence-corrected chi connectivity index (χ4v) is 3.33. The normalized spacial score (nSPS) is 10.9. The van der Waals surface area contributed by atoms with Crippen LogP contribution in [0.15, 0.2) is 54.6 Å². The summed E-state index contributed by atoms with van der Waals surface area (Å²) in [5, 5.41) is 10.2. The fourth-order valence-electron chi connectivity index (χ4n) is 3.33. The second-order valence-corrected chi connectivity index (χ2v) is 6.95. The van der Waals surface area contributed by atoms with Crippen molar-refractivity contribution >= 4 is 22.7 Å². The molecule has 0 aliphatic carbocycles. The number of hydrogen-bond donors (Lipinski definition) is 1. The number of anilines is 1. The molecular weight excluding hydrogens is 336 g/mol. The first-order valence-corrected chi connectivity index (χ1v) is 9.50. The lowest BCUT2D eigenvalue weighted by atomic mass is 9.97. The van der Waals surface area contributed by atoms with Crippen molar-refractivity contribution < 1.29 is 9.90 Å². The van der Waals surface area contributed by atoms with Crippen molar-refractivity contribution in [3.63, 3.8) is 0 Å². The highest BCUT2D eigenvalue weighted by Crippen LogP contribution is 2.32. The van der Waals surface area contributed by atoms with Crippen LogP contribution in [-0.2, 0) is 11.2 Å². The van der Waals surface area contributed by atoms with E-state index in [1.165, 1.54) is 24.8 Å². The summed E-state index contributed by atoms with van der Waals surface area (Å²) in [6, 6.07) is 18.6. The number of fused-ring (bicyclic) bond motifs is 1. The van der Waals surface area contributed by atoms with E-state index >= 15 is 0 Å². The Morgan fingerprint density at radius 1 is 1.07 bits per heavy atom. The first-order chi connectivity index (χ1) is 13.1. The average Bonchev–Trinajstić information content (AvgIpc) is 2.67. The predicted molar refractivity (Wildman–Crippen MR) is 111 cm³/mol. The van der Waals surface area contributed by atoms with Gasteiger partial charge < -0.3 is 10.0 Å². The van der Waals surface area contributed by atoms with Crippen molar-refractivity contribution in [1.29, 1.82) is 0 Å². The maximum atomic E-state index is 11.1. The number of benzene rings is 2. The molecule has 3 aromatic rings. The van der Waals surface area contributed by atoms with Crippen molar-refractivity contribution in [3.8, 4) is 11.1 Å². The van der Waals surface area contributed by atoms with Gasteiger partial charge in [-0.25, -0.2) is 4.98 Å². The number of pyridine rings is 1. The lowest BCUT2D eigenvalue weighted by Gasteiger charge is -2.18. The van der Waals surface area contributed by atoms with E-state index in [1.807, 2.05) is 24.3 Å². The van der Waals surface area contributed by atoms with Gasteiger partial charge in [0.05, 0.1) is 5.52 Å². The molecule has 0 saturated carbocycles. The Hall–Kier alpha value is -2.88. The van der Waals surface area contributed by atoms with Crippen LogP contribution in [0.3, 0.4) is 0 Å². The highest BCUT2D eigenvalue weighted by molar-refractivity contribution is 5.96. The zero-order chi connectivity index (χ0) is 19.2. The lowest BCUT2D eigenvalue weighted by Crippen LogP contribution is -2.26. The van der Waals surface area contributed by atoms with Gasteiger partial charge in [-0.1, -0.05) is 56.2 Å². The number of carboxylic acids is 1. The Morgan fingerprint density at radius 3 is 2.56 bits per heavy atom. The molecule has 140 valence electrons. The molecule has 27 heavy (non-hydrogen) atoms. The van der Waals surface area contributed by atoms with Crippen molar-refractivity contribution in [2.24, 2.45) is 0 Å². The number of carbonyl (C=O) groups is 1. The average molecular weight is 362 g/mol. The number of aryl methyl sites for hydroxylation is 1. The van der Waals surface area contributed by atoms with E-state index in [9.17, 15) is 4.79 Å². The second-order valence-electron chi connectivity index (χ2n) is 6.95. The molecule has 0 radical (unpaired) electrons. The fraction of sp³-hybridized carbons (Fsp3) is 0.304. The molecule has 1 heterocycles. The summed E-state index contributed by atoms with van der Waals surface area (Å²) in [5.74, 6) is -0.200. The zero-order valence-electron chi connectivity index (χ0n) is 16.0. The third-order valence-corrected chi connectivity index (χ3v) is 4.78. The quantitative estimate of drug-likeness (QED) is 0.563. The van der Waals surface area contributed by atoms with E-state index in [4.69, 9.17) is 10.1 Å². The molecule has 2 aromatic carbocycles. The first-order valence-electron chi connectivity index (χ1n) is 9.50. The monoisotopic (exact) mass is 362 g/mol. The van der Waals surface area contributed by atoms with Crippen LogP contribution >= 0.6 is 0 Å². The number of carboxylic acid groups (broad SMARTS) is 1. The summed E-state index contributed by atoms with van der Waals surface area (Å²) >= 11 is 0. The highest BCUT2D eigenvalue weighted by atomic mass is 16.4. The Morgan fingerprint density at radius 2 is 1.85 bits per heavy atom. The third-order valence-electron chi connectivity index (χ3n) is 4.78. The van der Waals surface area contributed by atoms with E-state index < -0.39 is 5.97 Å². The molecule has 1 N–H and O–H groups in total. The van der Waals surface area contributed by atoms with Crippen LogP contribution in [-0.4, -0.2) is 29.7 Å². The molecule has 4 heteroatoms. The number of nitrogens with zero attached hydrogens (tertiary/aromatic N) is 2. The minimum Gasteiger partial charge on any atom is -0.480 e. The van der Waals surface area contributed by atoms with Crippen LogP contribution in [0.4, 0.5) is 5.82 Å². The molecule has 0 unspecified atom stereocenters. The summed E-state index contributed by atoms with van der Waals surface area (Å²) in [6.45, 7) is 2.13. The standard InChI is InChI=1S/C23H26N2O2/c1-3-4-6-9-17-12-13-21-20(14-17)19(18-10-7-5-8-11-18)15-22(24-21)25(2)16-23(26)27/h5,7-8,10-15H,3-4,6,9,16H2,1-2H3,(H,26,27). The van der Waals surface area contributed by atoms with E-state index in [-0.39, 0.29) is 6.54 Å². The number of hydrogen-bond acceptors (Lipinski definition) is 3. The first kappa shape index (κ1) is 18.9. The van der Waals surface area contributed by atoms with Crippen LogP contribution < -0.4 is 4.90 Å². The van der Waals surface area contributed by atoms with Crippen molar-refractivity contribution in [2.45, 2.75) is 32.6 Å². The Balaban J connectivity index is 2.09. The highest BCUT2D eigenvalue weighted by Gasteiger charge is 2.13. The molecule has 3 rings (SSSR count). The zero-order valence-corrected chi connectivity index (χ0v) is 16.0. The molecular formula is C23H26N2O2. The van der Waals surface area contributed by atoms with E-state index in [1.54, 1.807) is 11.9 Å². The SMILES string of the molecule is CCCCCc1ccc2nc(N(C)CC(=O)O)cc(-c3ccccc3)c2c1. The molecule has 4 nitrogen and oxygen atoms in total. The number of aliphatic carboxylic acids is 1. The molecule has 0 spiro atoms. The van der Waals surface area contributed by atoms with E-state index in [0.717, 1.165) is 28.5 Å². The summed E-state index contributed by atoms with van der Waals surface area (Å²) < 4.78 is 0. The smallest absolute Gasteiger partial charge is 0.323 e. The van der Waals surface area contributed by atoms with Crippen LogP contribution in [0.2, 0.25) is 0 Å².